The second kappa shape index (κ2) is 3.87. The van der Waals surface area contributed by atoms with Crippen LogP contribution in [0.2, 0.25) is 0 Å². The quantitative estimate of drug-likeness (QED) is 0.640. The molecule has 0 N–H and O–H groups in total. The van der Waals surface area contributed by atoms with Crippen molar-refractivity contribution < 1.29 is 0 Å². The van der Waals surface area contributed by atoms with E-state index in [4.69, 9.17) is 0 Å². The highest BCUT2D eigenvalue weighted by molar-refractivity contribution is 9.08. The van der Waals surface area contributed by atoms with E-state index in [9.17, 15) is 0 Å². The van der Waals surface area contributed by atoms with E-state index in [-0.39, 0.29) is 0 Å². The van der Waals surface area contributed by atoms with Gasteiger partial charge in [0.05, 0.1) is 0 Å². The van der Waals surface area contributed by atoms with Crippen LogP contribution in [0.5, 0.6) is 0 Å². The third kappa shape index (κ3) is 1.84. The first-order chi connectivity index (χ1) is 7.38. The largest absolute Gasteiger partial charge is 0.0876 e. The van der Waals surface area contributed by atoms with Gasteiger partial charge in [0.2, 0.25) is 0 Å². The molecule has 0 saturated heterocycles. The summed E-state index contributed by atoms with van der Waals surface area (Å²) in [5.41, 5.74) is 5.28. The van der Waals surface area contributed by atoms with Crippen molar-refractivity contribution >= 4 is 15.9 Å². The summed E-state index contributed by atoms with van der Waals surface area (Å²) in [6.07, 6.45) is 2.58. The lowest BCUT2D eigenvalue weighted by atomic mass is 9.62. The first-order valence-electron chi connectivity index (χ1n) is 6.07. The zero-order valence-electron chi connectivity index (χ0n) is 10.7. The smallest absolute Gasteiger partial charge is 0.0286 e. The summed E-state index contributed by atoms with van der Waals surface area (Å²) in [5.74, 6) is 0. The molecule has 1 aliphatic rings. The zero-order chi connectivity index (χ0) is 12.0. The highest BCUT2D eigenvalue weighted by Gasteiger charge is 2.37. The first kappa shape index (κ1) is 12.2. The Morgan fingerprint density at radius 1 is 1.06 bits per heavy atom. The molecule has 0 saturated carbocycles. The molecule has 0 spiro atoms. The highest BCUT2D eigenvalue weighted by Crippen LogP contribution is 2.47. The molecule has 1 aromatic rings. The van der Waals surface area contributed by atoms with E-state index in [2.05, 4.69) is 61.8 Å². The fraction of sp³-hybridized carbons (Fsp3) is 0.600. The number of benzene rings is 1. The predicted molar refractivity (Wildman–Crippen MR) is 74.4 cm³/mol. The highest BCUT2D eigenvalue weighted by atomic mass is 79.9. The topological polar surface area (TPSA) is 0 Å². The van der Waals surface area contributed by atoms with Gasteiger partial charge in [-0.1, -0.05) is 61.8 Å². The molecule has 0 fully saturated rings. The average Bonchev–Trinajstić information content (AvgIpc) is 2.24. The Balaban J connectivity index is 2.69. The van der Waals surface area contributed by atoms with E-state index in [1.165, 1.54) is 18.4 Å². The summed E-state index contributed by atoms with van der Waals surface area (Å²) in [6, 6.07) is 6.79. The Bertz CT molecular complexity index is 402. The van der Waals surface area contributed by atoms with Gasteiger partial charge in [0, 0.05) is 5.33 Å². The van der Waals surface area contributed by atoms with Gasteiger partial charge in [0.15, 0.2) is 0 Å². The van der Waals surface area contributed by atoms with Crippen molar-refractivity contribution in [3.05, 3.63) is 34.9 Å². The fourth-order valence-corrected chi connectivity index (χ4v) is 3.43. The van der Waals surface area contributed by atoms with Crippen LogP contribution in [0.25, 0.3) is 0 Å². The maximum Gasteiger partial charge on any atom is 0.0286 e. The lowest BCUT2D eigenvalue weighted by Gasteiger charge is -2.43. The molecular weight excluding hydrogens is 260 g/mol. The lowest BCUT2D eigenvalue weighted by molar-refractivity contribution is 0.330. The monoisotopic (exact) mass is 280 g/mol. The molecule has 0 nitrogen and oxygen atoms in total. The molecule has 1 heteroatoms. The van der Waals surface area contributed by atoms with Crippen LogP contribution >= 0.6 is 15.9 Å². The molecule has 16 heavy (non-hydrogen) atoms. The molecule has 0 radical (unpaired) electrons. The van der Waals surface area contributed by atoms with Gasteiger partial charge in [0.1, 0.15) is 0 Å². The summed E-state index contributed by atoms with van der Waals surface area (Å²) < 4.78 is 0. The van der Waals surface area contributed by atoms with Crippen LogP contribution in [0.1, 0.15) is 57.2 Å². The molecule has 1 aliphatic carbocycles. The van der Waals surface area contributed by atoms with Crippen LogP contribution in [0.4, 0.5) is 0 Å². The van der Waals surface area contributed by atoms with Crippen molar-refractivity contribution in [2.75, 3.05) is 0 Å². The minimum atomic E-state index is 0.329. The maximum absolute atomic E-state index is 3.63. The Kier molecular flexibility index (Phi) is 2.94. The Morgan fingerprint density at radius 3 is 2.31 bits per heavy atom. The molecule has 0 atom stereocenters. The molecule has 0 bridgehead atoms. The Morgan fingerprint density at radius 2 is 1.69 bits per heavy atom. The molecule has 0 amide bonds. The molecule has 0 aromatic heterocycles. The summed E-state index contributed by atoms with van der Waals surface area (Å²) in [4.78, 5) is 0. The van der Waals surface area contributed by atoms with Gasteiger partial charge >= 0.3 is 0 Å². The van der Waals surface area contributed by atoms with Crippen molar-refractivity contribution in [2.24, 2.45) is 0 Å². The number of halogens is 1. The number of fused-ring (bicyclic) bond motifs is 1. The third-order valence-electron chi connectivity index (χ3n) is 4.08. The maximum atomic E-state index is 3.63. The zero-order valence-corrected chi connectivity index (χ0v) is 12.3. The van der Waals surface area contributed by atoms with Crippen LogP contribution in [-0.4, -0.2) is 0 Å². The van der Waals surface area contributed by atoms with Gasteiger partial charge in [-0.25, -0.2) is 0 Å². The van der Waals surface area contributed by atoms with Crippen LogP contribution in [0, 0.1) is 0 Å². The minimum absolute atomic E-state index is 0.329. The van der Waals surface area contributed by atoms with E-state index in [0.29, 0.717) is 10.8 Å². The molecule has 0 unspecified atom stereocenters. The number of alkyl halides is 1. The Labute approximate surface area is 108 Å². The molecular formula is C15H21Br. The van der Waals surface area contributed by atoms with Crippen LogP contribution in [-0.2, 0) is 16.2 Å². The van der Waals surface area contributed by atoms with E-state index in [0.717, 1.165) is 5.33 Å². The normalized spacial score (nSPS) is 21.6. The third-order valence-corrected chi connectivity index (χ3v) is 4.68. The van der Waals surface area contributed by atoms with Crippen molar-refractivity contribution in [3.8, 4) is 0 Å². The van der Waals surface area contributed by atoms with Gasteiger partial charge in [-0.15, -0.1) is 0 Å². The summed E-state index contributed by atoms with van der Waals surface area (Å²) in [6.45, 7) is 9.51. The van der Waals surface area contributed by atoms with Gasteiger partial charge < -0.3 is 0 Å². The average molecular weight is 281 g/mol. The fourth-order valence-electron chi connectivity index (χ4n) is 2.96. The van der Waals surface area contributed by atoms with Crippen molar-refractivity contribution in [1.82, 2.24) is 0 Å². The van der Waals surface area contributed by atoms with Gasteiger partial charge in [-0.2, -0.15) is 0 Å². The second-order valence-electron chi connectivity index (χ2n) is 6.24. The van der Waals surface area contributed by atoms with Crippen LogP contribution in [0.15, 0.2) is 18.2 Å². The van der Waals surface area contributed by atoms with Gasteiger partial charge in [0.25, 0.3) is 0 Å². The molecule has 0 aliphatic heterocycles. The summed E-state index contributed by atoms with van der Waals surface area (Å²) in [5, 5.41) is 0.968. The minimum Gasteiger partial charge on any atom is -0.0876 e. The van der Waals surface area contributed by atoms with E-state index < -0.39 is 0 Å². The van der Waals surface area contributed by atoms with Crippen LogP contribution < -0.4 is 0 Å². The standard InChI is InChI=1S/C15H21Br/c1-14(2)8-9-15(3,4)13-11(10-16)6-5-7-12(13)14/h5-7H,8-10H2,1-4H3. The summed E-state index contributed by atoms with van der Waals surface area (Å²) in [7, 11) is 0. The molecule has 1 aromatic carbocycles. The lowest BCUT2D eigenvalue weighted by Crippen LogP contribution is -2.34. The Hall–Kier alpha value is -0.300. The van der Waals surface area contributed by atoms with E-state index in [1.807, 2.05) is 0 Å². The van der Waals surface area contributed by atoms with Crippen molar-refractivity contribution in [2.45, 2.75) is 56.7 Å². The van der Waals surface area contributed by atoms with Crippen molar-refractivity contribution in [1.29, 1.82) is 0 Å². The number of hydrogen-bond donors (Lipinski definition) is 0. The van der Waals surface area contributed by atoms with E-state index >= 15 is 0 Å². The number of hydrogen-bond acceptors (Lipinski definition) is 0. The molecule has 88 valence electrons. The van der Waals surface area contributed by atoms with Crippen molar-refractivity contribution in [3.63, 3.8) is 0 Å². The predicted octanol–water partition coefficient (Wildman–Crippen LogP) is 4.93. The SMILES string of the molecule is CC1(C)CCC(C)(C)c2c(CBr)cccc21. The van der Waals surface area contributed by atoms with Gasteiger partial charge in [-0.3, -0.25) is 0 Å². The summed E-state index contributed by atoms with van der Waals surface area (Å²) >= 11 is 3.63. The molecule has 0 heterocycles. The van der Waals surface area contributed by atoms with Gasteiger partial charge in [-0.05, 0) is 40.4 Å². The van der Waals surface area contributed by atoms with Crippen LogP contribution in [0.3, 0.4) is 0 Å². The first-order valence-corrected chi connectivity index (χ1v) is 7.19. The van der Waals surface area contributed by atoms with E-state index in [1.54, 1.807) is 11.1 Å². The second-order valence-corrected chi connectivity index (χ2v) is 6.80. The molecule has 2 rings (SSSR count). The number of rotatable bonds is 1.